The summed E-state index contributed by atoms with van der Waals surface area (Å²) in [6, 6.07) is 3.82. The molecule has 0 unspecified atom stereocenters. The van der Waals surface area contributed by atoms with Crippen molar-refractivity contribution in [3.63, 3.8) is 0 Å². The van der Waals surface area contributed by atoms with E-state index in [1.165, 1.54) is 24.1 Å². The molecular formula is C17H18F3NO4. The van der Waals surface area contributed by atoms with Gasteiger partial charge in [-0.25, -0.2) is 4.79 Å². The standard InChI is InChI=1S/C17H18F3NO4/c1-3-14(22)21-8-7-13(15(21)16(23)24-2)25-10-11-5-4-6-12(9-11)17(18,19)20/h3-6,9,13,15H,1,7-8,10H2,2H3/t13-,15-/m0/s1. The maximum absolute atomic E-state index is 12.7. The molecular weight excluding hydrogens is 339 g/mol. The first-order chi connectivity index (χ1) is 11.8. The Hall–Kier alpha value is -2.35. The van der Waals surface area contributed by atoms with Crippen LogP contribution >= 0.6 is 0 Å². The lowest BCUT2D eigenvalue weighted by Gasteiger charge is -2.25. The number of likely N-dealkylation sites (tertiary alicyclic amines) is 1. The number of esters is 1. The molecule has 1 aromatic carbocycles. The Morgan fingerprint density at radius 2 is 2.12 bits per heavy atom. The van der Waals surface area contributed by atoms with Crippen LogP contribution in [0.3, 0.4) is 0 Å². The van der Waals surface area contributed by atoms with Gasteiger partial charge in [0.15, 0.2) is 6.04 Å². The van der Waals surface area contributed by atoms with Crippen LogP contribution in [0.2, 0.25) is 0 Å². The minimum absolute atomic E-state index is 0.113. The monoisotopic (exact) mass is 357 g/mol. The van der Waals surface area contributed by atoms with Crippen molar-refractivity contribution in [3.05, 3.63) is 48.0 Å². The maximum atomic E-state index is 12.7. The van der Waals surface area contributed by atoms with E-state index >= 15 is 0 Å². The van der Waals surface area contributed by atoms with Crippen LogP contribution in [0, 0.1) is 0 Å². The lowest BCUT2D eigenvalue weighted by molar-refractivity contribution is -0.154. The highest BCUT2D eigenvalue weighted by Gasteiger charge is 2.42. The summed E-state index contributed by atoms with van der Waals surface area (Å²) in [5, 5.41) is 0. The number of alkyl halides is 3. The highest BCUT2D eigenvalue weighted by atomic mass is 19.4. The number of halogens is 3. The second-order valence-electron chi connectivity index (χ2n) is 5.54. The van der Waals surface area contributed by atoms with Gasteiger partial charge in [0, 0.05) is 6.54 Å². The summed E-state index contributed by atoms with van der Waals surface area (Å²) in [7, 11) is 1.20. The number of amides is 1. The number of carbonyl (C=O) groups is 2. The predicted octanol–water partition coefficient (Wildman–Crippen LogP) is 2.55. The van der Waals surface area contributed by atoms with Crippen LogP contribution < -0.4 is 0 Å². The van der Waals surface area contributed by atoms with Gasteiger partial charge in [-0.1, -0.05) is 18.7 Å². The molecule has 0 bridgehead atoms. The van der Waals surface area contributed by atoms with Crippen molar-refractivity contribution in [1.82, 2.24) is 4.90 Å². The molecule has 0 radical (unpaired) electrons. The zero-order valence-electron chi connectivity index (χ0n) is 13.6. The van der Waals surface area contributed by atoms with Gasteiger partial charge in [-0.2, -0.15) is 13.2 Å². The highest BCUT2D eigenvalue weighted by molar-refractivity contribution is 5.92. The van der Waals surface area contributed by atoms with Crippen LogP contribution in [0.5, 0.6) is 0 Å². The molecule has 1 aliphatic heterocycles. The molecule has 1 amide bonds. The Morgan fingerprint density at radius 3 is 2.72 bits per heavy atom. The molecule has 25 heavy (non-hydrogen) atoms. The van der Waals surface area contributed by atoms with Gasteiger partial charge in [-0.3, -0.25) is 4.79 Å². The lowest BCUT2D eigenvalue weighted by atomic mass is 10.1. The molecule has 2 rings (SSSR count). The minimum Gasteiger partial charge on any atom is -0.467 e. The van der Waals surface area contributed by atoms with E-state index in [1.807, 2.05) is 0 Å². The quantitative estimate of drug-likeness (QED) is 0.600. The van der Waals surface area contributed by atoms with Gasteiger partial charge in [0.1, 0.15) is 0 Å². The van der Waals surface area contributed by atoms with Crippen molar-refractivity contribution in [2.75, 3.05) is 13.7 Å². The fourth-order valence-corrected chi connectivity index (χ4v) is 2.74. The van der Waals surface area contributed by atoms with E-state index in [0.29, 0.717) is 12.0 Å². The first-order valence-corrected chi connectivity index (χ1v) is 7.56. The van der Waals surface area contributed by atoms with Gasteiger partial charge < -0.3 is 14.4 Å². The van der Waals surface area contributed by atoms with E-state index in [0.717, 1.165) is 18.2 Å². The normalized spacial score (nSPS) is 20.4. The van der Waals surface area contributed by atoms with Gasteiger partial charge in [0.05, 0.1) is 25.4 Å². The Balaban J connectivity index is 2.10. The number of methoxy groups -OCH3 is 1. The van der Waals surface area contributed by atoms with Crippen LogP contribution in [0.15, 0.2) is 36.9 Å². The Bertz CT molecular complexity index is 660. The van der Waals surface area contributed by atoms with Gasteiger partial charge in [0.25, 0.3) is 0 Å². The van der Waals surface area contributed by atoms with Crippen LogP contribution in [0.1, 0.15) is 17.5 Å². The lowest BCUT2D eigenvalue weighted by Crippen LogP contribution is -2.45. The average Bonchev–Trinajstić information content (AvgIpc) is 3.02. The average molecular weight is 357 g/mol. The van der Waals surface area contributed by atoms with E-state index in [-0.39, 0.29) is 13.2 Å². The molecule has 1 aliphatic rings. The smallest absolute Gasteiger partial charge is 0.416 e. The van der Waals surface area contributed by atoms with Gasteiger partial charge >= 0.3 is 12.1 Å². The fourth-order valence-electron chi connectivity index (χ4n) is 2.74. The van der Waals surface area contributed by atoms with Crippen molar-refractivity contribution < 1.29 is 32.2 Å². The second-order valence-corrected chi connectivity index (χ2v) is 5.54. The first-order valence-electron chi connectivity index (χ1n) is 7.56. The summed E-state index contributed by atoms with van der Waals surface area (Å²) >= 11 is 0. The molecule has 0 N–H and O–H groups in total. The summed E-state index contributed by atoms with van der Waals surface area (Å²) < 4.78 is 48.6. The molecule has 0 aromatic heterocycles. The summed E-state index contributed by atoms with van der Waals surface area (Å²) in [4.78, 5) is 25.1. The number of hydrogen-bond acceptors (Lipinski definition) is 4. The fraction of sp³-hybridized carbons (Fsp3) is 0.412. The summed E-state index contributed by atoms with van der Waals surface area (Å²) in [6.07, 6.45) is -3.64. The molecule has 1 aromatic rings. The summed E-state index contributed by atoms with van der Waals surface area (Å²) in [5.74, 6) is -1.07. The van der Waals surface area contributed by atoms with Gasteiger partial charge in [-0.15, -0.1) is 0 Å². The first kappa shape index (κ1) is 19.0. The van der Waals surface area contributed by atoms with Crippen molar-refractivity contribution in [2.24, 2.45) is 0 Å². The number of nitrogens with zero attached hydrogens (tertiary/aromatic N) is 1. The largest absolute Gasteiger partial charge is 0.467 e. The minimum atomic E-state index is -4.44. The van der Waals surface area contributed by atoms with Crippen LogP contribution in [-0.4, -0.2) is 42.6 Å². The molecule has 0 aliphatic carbocycles. The van der Waals surface area contributed by atoms with Crippen LogP contribution in [0.25, 0.3) is 0 Å². The summed E-state index contributed by atoms with van der Waals surface area (Å²) in [6.45, 7) is 3.55. The predicted molar refractivity (Wildman–Crippen MR) is 82.4 cm³/mol. The highest BCUT2D eigenvalue weighted by Crippen LogP contribution is 2.30. The topological polar surface area (TPSA) is 55.8 Å². The van der Waals surface area contributed by atoms with Crippen molar-refractivity contribution in [2.45, 2.75) is 31.3 Å². The molecule has 1 heterocycles. The van der Waals surface area contributed by atoms with Crippen molar-refractivity contribution in [3.8, 4) is 0 Å². The van der Waals surface area contributed by atoms with Crippen molar-refractivity contribution >= 4 is 11.9 Å². The zero-order chi connectivity index (χ0) is 18.6. The number of ether oxygens (including phenoxy) is 2. The third kappa shape index (κ3) is 4.39. The SMILES string of the molecule is C=CC(=O)N1CC[C@H](OCc2cccc(C(F)(F)F)c2)[C@H]1C(=O)OC. The molecule has 0 spiro atoms. The molecule has 136 valence electrons. The van der Waals surface area contributed by atoms with E-state index in [4.69, 9.17) is 9.47 Å². The molecule has 1 saturated heterocycles. The van der Waals surface area contributed by atoms with Crippen LogP contribution in [-0.2, 0) is 31.8 Å². The zero-order valence-corrected chi connectivity index (χ0v) is 13.6. The van der Waals surface area contributed by atoms with Gasteiger partial charge in [0.2, 0.25) is 5.91 Å². The number of rotatable bonds is 5. The third-order valence-corrected chi connectivity index (χ3v) is 3.96. The van der Waals surface area contributed by atoms with E-state index < -0.39 is 35.8 Å². The van der Waals surface area contributed by atoms with E-state index in [1.54, 1.807) is 0 Å². The number of carbonyl (C=O) groups excluding carboxylic acids is 2. The van der Waals surface area contributed by atoms with E-state index in [2.05, 4.69) is 6.58 Å². The number of benzene rings is 1. The maximum Gasteiger partial charge on any atom is 0.416 e. The molecule has 2 atom stereocenters. The van der Waals surface area contributed by atoms with Crippen LogP contribution in [0.4, 0.5) is 13.2 Å². The third-order valence-electron chi connectivity index (χ3n) is 3.96. The molecule has 0 saturated carbocycles. The number of hydrogen-bond donors (Lipinski definition) is 0. The summed E-state index contributed by atoms with van der Waals surface area (Å²) in [5.41, 5.74) is -0.445. The molecule has 1 fully saturated rings. The Labute approximate surface area is 143 Å². The van der Waals surface area contributed by atoms with Gasteiger partial charge in [-0.05, 0) is 30.2 Å². The molecule has 8 heteroatoms. The Morgan fingerprint density at radius 1 is 1.40 bits per heavy atom. The Kier molecular flexibility index (Phi) is 5.84. The second kappa shape index (κ2) is 7.69. The molecule has 5 nitrogen and oxygen atoms in total. The van der Waals surface area contributed by atoms with E-state index in [9.17, 15) is 22.8 Å². The van der Waals surface area contributed by atoms with Crippen molar-refractivity contribution in [1.29, 1.82) is 0 Å².